The zero-order valence-electron chi connectivity index (χ0n) is 11.6. The van der Waals surface area contributed by atoms with Crippen molar-refractivity contribution in [3.63, 3.8) is 0 Å². The van der Waals surface area contributed by atoms with Crippen LogP contribution in [0.2, 0.25) is 0 Å². The second kappa shape index (κ2) is 5.22. The van der Waals surface area contributed by atoms with Gasteiger partial charge >= 0.3 is 0 Å². The maximum Gasteiger partial charge on any atom is 0.140 e. The summed E-state index contributed by atoms with van der Waals surface area (Å²) in [5, 5.41) is 4.17. The molecule has 0 bridgehead atoms. The van der Waals surface area contributed by atoms with Crippen LogP contribution in [0.3, 0.4) is 0 Å². The van der Waals surface area contributed by atoms with E-state index in [4.69, 9.17) is 17.0 Å². The standard InChI is InChI=1S/C13H18N4OS/c1-5-13(2,18-4)12-15-10(6-11(19)16-12)9-7-14-17(3)8-9/h6-8H,5H2,1-4H3,(H,15,16,19). The molecule has 0 fully saturated rings. The minimum atomic E-state index is -0.466. The summed E-state index contributed by atoms with van der Waals surface area (Å²) >= 11 is 5.24. The summed E-state index contributed by atoms with van der Waals surface area (Å²) in [4.78, 5) is 7.69. The first-order valence-corrected chi connectivity index (χ1v) is 6.55. The molecule has 0 aliphatic heterocycles. The normalized spacial score (nSPS) is 14.3. The molecule has 19 heavy (non-hydrogen) atoms. The smallest absolute Gasteiger partial charge is 0.140 e. The van der Waals surface area contributed by atoms with Gasteiger partial charge in [-0.3, -0.25) is 4.68 Å². The fourth-order valence-corrected chi connectivity index (χ4v) is 2.04. The summed E-state index contributed by atoms with van der Waals surface area (Å²) in [5.41, 5.74) is 1.41. The number of nitrogens with zero attached hydrogens (tertiary/aromatic N) is 3. The molecular formula is C13H18N4OS. The molecule has 2 rings (SSSR count). The number of rotatable bonds is 4. The Morgan fingerprint density at radius 2 is 2.26 bits per heavy atom. The average Bonchev–Trinajstić information content (AvgIpc) is 2.84. The van der Waals surface area contributed by atoms with Crippen LogP contribution in [-0.2, 0) is 17.4 Å². The van der Waals surface area contributed by atoms with Gasteiger partial charge in [-0.15, -0.1) is 0 Å². The third-order valence-electron chi connectivity index (χ3n) is 3.38. The predicted octanol–water partition coefficient (Wildman–Crippen LogP) is 2.81. The van der Waals surface area contributed by atoms with Gasteiger partial charge in [0.2, 0.25) is 0 Å². The quantitative estimate of drug-likeness (QED) is 0.874. The van der Waals surface area contributed by atoms with Crippen molar-refractivity contribution in [1.29, 1.82) is 0 Å². The van der Waals surface area contributed by atoms with Gasteiger partial charge in [-0.05, 0) is 19.4 Å². The van der Waals surface area contributed by atoms with Gasteiger partial charge in [0.05, 0.1) is 11.9 Å². The highest BCUT2D eigenvalue weighted by molar-refractivity contribution is 7.71. The van der Waals surface area contributed by atoms with Gasteiger partial charge in [-0.25, -0.2) is 4.98 Å². The molecule has 0 saturated carbocycles. The second-order valence-corrected chi connectivity index (χ2v) is 5.09. The lowest BCUT2D eigenvalue weighted by Gasteiger charge is -2.25. The average molecular weight is 278 g/mol. The molecule has 2 heterocycles. The molecule has 0 aromatic carbocycles. The molecule has 1 atom stereocenters. The fourth-order valence-electron chi connectivity index (χ4n) is 1.83. The van der Waals surface area contributed by atoms with Crippen LogP contribution in [0.5, 0.6) is 0 Å². The van der Waals surface area contributed by atoms with E-state index in [0.29, 0.717) is 4.64 Å². The number of aryl methyl sites for hydroxylation is 1. The van der Waals surface area contributed by atoms with Crippen LogP contribution in [0.1, 0.15) is 26.1 Å². The lowest BCUT2D eigenvalue weighted by atomic mass is 10.0. The number of aromatic amines is 1. The van der Waals surface area contributed by atoms with Crippen molar-refractivity contribution < 1.29 is 4.74 Å². The van der Waals surface area contributed by atoms with Crippen LogP contribution in [0.4, 0.5) is 0 Å². The molecule has 0 amide bonds. The molecule has 0 spiro atoms. The lowest BCUT2D eigenvalue weighted by Crippen LogP contribution is -2.26. The molecule has 0 radical (unpaired) electrons. The van der Waals surface area contributed by atoms with Crippen LogP contribution in [0.25, 0.3) is 11.3 Å². The van der Waals surface area contributed by atoms with E-state index >= 15 is 0 Å². The van der Waals surface area contributed by atoms with Crippen molar-refractivity contribution in [2.45, 2.75) is 25.9 Å². The molecular weight excluding hydrogens is 260 g/mol. The van der Waals surface area contributed by atoms with E-state index in [-0.39, 0.29) is 0 Å². The fraction of sp³-hybridized carbons (Fsp3) is 0.462. The van der Waals surface area contributed by atoms with Gasteiger partial charge < -0.3 is 9.72 Å². The van der Waals surface area contributed by atoms with Crippen LogP contribution < -0.4 is 0 Å². The molecule has 1 unspecified atom stereocenters. The van der Waals surface area contributed by atoms with Crippen molar-refractivity contribution >= 4 is 12.2 Å². The van der Waals surface area contributed by atoms with Crippen LogP contribution >= 0.6 is 12.2 Å². The van der Waals surface area contributed by atoms with Gasteiger partial charge in [0.15, 0.2) is 0 Å². The van der Waals surface area contributed by atoms with E-state index in [1.165, 1.54) is 0 Å². The zero-order valence-corrected chi connectivity index (χ0v) is 12.4. The topological polar surface area (TPSA) is 55.7 Å². The van der Waals surface area contributed by atoms with Crippen LogP contribution in [-0.4, -0.2) is 26.9 Å². The largest absolute Gasteiger partial charge is 0.371 e. The molecule has 1 N–H and O–H groups in total. The van der Waals surface area contributed by atoms with Crippen molar-refractivity contribution in [1.82, 2.24) is 19.7 Å². The van der Waals surface area contributed by atoms with Gasteiger partial charge in [-0.2, -0.15) is 5.10 Å². The van der Waals surface area contributed by atoms with Crippen LogP contribution in [0.15, 0.2) is 18.5 Å². The maximum absolute atomic E-state index is 5.56. The molecule has 102 valence electrons. The summed E-state index contributed by atoms with van der Waals surface area (Å²) in [6.07, 6.45) is 4.53. The van der Waals surface area contributed by atoms with Gasteiger partial charge in [-0.1, -0.05) is 19.1 Å². The third kappa shape index (κ3) is 2.74. The van der Waals surface area contributed by atoms with E-state index in [9.17, 15) is 0 Å². The van der Waals surface area contributed by atoms with E-state index in [0.717, 1.165) is 23.5 Å². The Hall–Kier alpha value is -1.53. The summed E-state index contributed by atoms with van der Waals surface area (Å²) in [7, 11) is 3.56. The molecule has 2 aromatic rings. The SMILES string of the molecule is CCC(C)(OC)c1nc(=S)cc(-c2cnn(C)c2)[nH]1. The number of aromatic nitrogens is 4. The monoisotopic (exact) mass is 278 g/mol. The summed E-state index contributed by atoms with van der Waals surface area (Å²) in [6, 6.07) is 1.83. The van der Waals surface area contributed by atoms with Crippen molar-refractivity contribution in [2.24, 2.45) is 7.05 Å². The molecule has 0 aliphatic rings. The zero-order chi connectivity index (χ0) is 14.0. The highest BCUT2D eigenvalue weighted by atomic mass is 32.1. The maximum atomic E-state index is 5.56. The number of hydrogen-bond acceptors (Lipinski definition) is 4. The highest BCUT2D eigenvalue weighted by Gasteiger charge is 2.27. The molecule has 0 aliphatic carbocycles. The van der Waals surface area contributed by atoms with Gasteiger partial charge in [0.25, 0.3) is 0 Å². The van der Waals surface area contributed by atoms with E-state index < -0.39 is 5.60 Å². The number of ether oxygens (including phenoxy) is 1. The molecule has 5 nitrogen and oxygen atoms in total. The third-order valence-corrected chi connectivity index (χ3v) is 3.59. The first-order valence-electron chi connectivity index (χ1n) is 6.14. The number of hydrogen-bond donors (Lipinski definition) is 1. The van der Waals surface area contributed by atoms with E-state index in [1.54, 1.807) is 18.0 Å². The van der Waals surface area contributed by atoms with E-state index in [2.05, 4.69) is 22.0 Å². The predicted molar refractivity (Wildman–Crippen MR) is 76.3 cm³/mol. The first kappa shape index (κ1) is 13.9. The number of H-pyrrole nitrogens is 1. The summed E-state index contributed by atoms with van der Waals surface area (Å²) < 4.78 is 7.86. The molecule has 2 aromatic heterocycles. The van der Waals surface area contributed by atoms with Crippen molar-refractivity contribution in [3.05, 3.63) is 28.9 Å². The number of nitrogens with one attached hydrogen (secondary N) is 1. The summed E-state index contributed by atoms with van der Waals surface area (Å²) in [5.74, 6) is 0.740. The first-order chi connectivity index (χ1) is 8.98. The number of methoxy groups -OCH3 is 1. The van der Waals surface area contributed by atoms with Crippen LogP contribution in [0, 0.1) is 4.64 Å². The Labute approximate surface area is 117 Å². The molecule has 6 heteroatoms. The Bertz CT molecular complexity index is 628. The Morgan fingerprint density at radius 1 is 1.53 bits per heavy atom. The minimum Gasteiger partial charge on any atom is -0.371 e. The molecule has 0 saturated heterocycles. The van der Waals surface area contributed by atoms with Crippen molar-refractivity contribution in [2.75, 3.05) is 7.11 Å². The van der Waals surface area contributed by atoms with Crippen molar-refractivity contribution in [3.8, 4) is 11.3 Å². The lowest BCUT2D eigenvalue weighted by molar-refractivity contribution is -0.00897. The Kier molecular flexibility index (Phi) is 3.82. The van der Waals surface area contributed by atoms with E-state index in [1.807, 2.05) is 26.2 Å². The Balaban J connectivity index is 2.54. The summed E-state index contributed by atoms with van der Waals surface area (Å²) in [6.45, 7) is 4.05. The highest BCUT2D eigenvalue weighted by Crippen LogP contribution is 2.27. The van der Waals surface area contributed by atoms with Gasteiger partial charge in [0.1, 0.15) is 16.1 Å². The second-order valence-electron chi connectivity index (χ2n) is 4.67. The minimum absolute atomic E-state index is 0.466. The van der Waals surface area contributed by atoms with Gasteiger partial charge in [0, 0.05) is 25.9 Å². The Morgan fingerprint density at radius 3 is 2.79 bits per heavy atom.